The highest BCUT2D eigenvalue weighted by molar-refractivity contribution is 5.79. The molecular weight excluding hydrogens is 322 g/mol. The van der Waals surface area contributed by atoms with E-state index in [-0.39, 0.29) is 5.91 Å². The van der Waals surface area contributed by atoms with Crippen molar-refractivity contribution in [1.29, 1.82) is 0 Å². The van der Waals surface area contributed by atoms with E-state index in [9.17, 15) is 4.79 Å². The van der Waals surface area contributed by atoms with Crippen molar-refractivity contribution in [3.63, 3.8) is 0 Å². The lowest BCUT2D eigenvalue weighted by molar-refractivity contribution is -0.126. The van der Waals surface area contributed by atoms with Crippen molar-refractivity contribution in [3.05, 3.63) is 41.5 Å². The zero-order valence-electron chi connectivity index (χ0n) is 16.1. The van der Waals surface area contributed by atoms with Crippen LogP contribution in [0.1, 0.15) is 50.7 Å². The second-order valence-electron chi connectivity index (χ2n) is 7.55. The van der Waals surface area contributed by atoms with E-state index >= 15 is 0 Å². The Hall–Kier alpha value is -2.09. The van der Waals surface area contributed by atoms with Crippen LogP contribution in [0.15, 0.2) is 30.3 Å². The fraction of sp³-hybridized carbons (Fsp3) is 0.500. The minimum atomic E-state index is -0.439. The van der Waals surface area contributed by atoms with Crippen LogP contribution in [0, 0.1) is 17.3 Å². The molecule has 0 unspecified atom stereocenters. The maximum atomic E-state index is 11.4. The predicted molar refractivity (Wildman–Crippen MR) is 108 cm³/mol. The van der Waals surface area contributed by atoms with Gasteiger partial charge in [0.15, 0.2) is 0 Å². The number of hydrogen-bond acceptors (Lipinski definition) is 3. The number of rotatable bonds is 7. The number of benzene rings is 1. The van der Waals surface area contributed by atoms with Crippen LogP contribution in [0.4, 0.5) is 0 Å². The molecule has 2 rings (SSSR count). The highest BCUT2D eigenvalue weighted by atomic mass is 16.1. The van der Waals surface area contributed by atoms with Crippen molar-refractivity contribution >= 4 is 11.5 Å². The van der Waals surface area contributed by atoms with E-state index < -0.39 is 5.41 Å². The molecule has 140 valence electrons. The first-order valence-corrected chi connectivity index (χ1v) is 9.43. The van der Waals surface area contributed by atoms with Gasteiger partial charge in [-0.2, -0.15) is 0 Å². The summed E-state index contributed by atoms with van der Waals surface area (Å²) in [5.74, 6) is 6.12. The van der Waals surface area contributed by atoms with Crippen molar-refractivity contribution in [1.82, 2.24) is 4.90 Å². The molecule has 0 aliphatic carbocycles. The number of hydrogen-bond donors (Lipinski definition) is 2. The van der Waals surface area contributed by atoms with Crippen LogP contribution in [0.5, 0.6) is 0 Å². The molecule has 0 aromatic heterocycles. The van der Waals surface area contributed by atoms with Crippen LogP contribution >= 0.6 is 0 Å². The first-order chi connectivity index (χ1) is 12.4. The first-order valence-electron chi connectivity index (χ1n) is 9.43. The molecule has 1 heterocycles. The Kier molecular flexibility index (Phi) is 7.44. The zero-order valence-corrected chi connectivity index (χ0v) is 16.1. The fourth-order valence-corrected chi connectivity index (χ4v) is 2.86. The van der Waals surface area contributed by atoms with Crippen molar-refractivity contribution < 1.29 is 4.79 Å². The van der Waals surface area contributed by atoms with Gasteiger partial charge in [-0.25, -0.2) is 0 Å². The summed E-state index contributed by atoms with van der Waals surface area (Å²) in [7, 11) is 0. The molecule has 0 saturated carbocycles. The number of unbranched alkanes of at least 4 members (excludes halogenated alkanes) is 1. The molecule has 4 N–H and O–H groups in total. The molecule has 0 bridgehead atoms. The van der Waals surface area contributed by atoms with Gasteiger partial charge in [0.05, 0.1) is 0 Å². The van der Waals surface area contributed by atoms with Crippen LogP contribution in [-0.2, 0) is 4.79 Å². The molecule has 0 atom stereocenters. The first kappa shape index (κ1) is 20.2. The topological polar surface area (TPSA) is 72.3 Å². The van der Waals surface area contributed by atoms with E-state index in [0.29, 0.717) is 6.54 Å². The van der Waals surface area contributed by atoms with Gasteiger partial charge in [0, 0.05) is 30.5 Å². The van der Waals surface area contributed by atoms with Crippen LogP contribution in [0.2, 0.25) is 0 Å². The van der Waals surface area contributed by atoms with Gasteiger partial charge in [-0.05, 0) is 55.6 Å². The molecular formula is C22H31N3O. The summed E-state index contributed by atoms with van der Waals surface area (Å²) in [4.78, 5) is 13.8. The Labute approximate surface area is 157 Å². The molecule has 1 aliphatic heterocycles. The predicted octanol–water partition coefficient (Wildman–Crippen LogP) is 2.77. The molecule has 4 nitrogen and oxygen atoms in total. The fourth-order valence-electron chi connectivity index (χ4n) is 2.86. The SMILES string of the molecule is CC(C)(CCN1CC=C(c2ccc(C#CCCCN)cc2)CC1)C(N)=O. The van der Waals surface area contributed by atoms with E-state index in [4.69, 9.17) is 11.5 Å². The molecule has 1 aliphatic rings. The highest BCUT2D eigenvalue weighted by Gasteiger charge is 2.25. The van der Waals surface area contributed by atoms with E-state index in [2.05, 4.69) is 47.1 Å². The third-order valence-electron chi connectivity index (χ3n) is 5.01. The van der Waals surface area contributed by atoms with Crippen molar-refractivity contribution in [2.24, 2.45) is 16.9 Å². The van der Waals surface area contributed by atoms with Crippen LogP contribution < -0.4 is 11.5 Å². The van der Waals surface area contributed by atoms with E-state index in [1.807, 2.05) is 13.8 Å². The van der Waals surface area contributed by atoms with Crippen molar-refractivity contribution in [2.45, 2.75) is 39.5 Å². The summed E-state index contributed by atoms with van der Waals surface area (Å²) in [6.07, 6.45) is 5.92. The van der Waals surface area contributed by atoms with E-state index in [0.717, 1.165) is 50.9 Å². The molecule has 1 aromatic rings. The van der Waals surface area contributed by atoms with Crippen LogP contribution in [0.25, 0.3) is 5.57 Å². The minimum Gasteiger partial charge on any atom is -0.369 e. The Morgan fingerprint density at radius 2 is 2.00 bits per heavy atom. The zero-order chi connectivity index (χ0) is 19.0. The van der Waals surface area contributed by atoms with Gasteiger partial charge in [-0.1, -0.05) is 43.9 Å². The Bertz CT molecular complexity index is 692. The summed E-state index contributed by atoms with van der Waals surface area (Å²) in [5.41, 5.74) is 14.2. The van der Waals surface area contributed by atoms with Gasteiger partial charge < -0.3 is 11.5 Å². The summed E-state index contributed by atoms with van der Waals surface area (Å²) in [6, 6.07) is 8.50. The highest BCUT2D eigenvalue weighted by Crippen LogP contribution is 2.25. The molecule has 0 radical (unpaired) electrons. The monoisotopic (exact) mass is 353 g/mol. The average Bonchev–Trinajstić information content (AvgIpc) is 2.64. The standard InChI is InChI=1S/C22H31N3O/c1-22(2,21(24)26)13-17-25-15-11-20(12-16-25)19-9-7-18(8-10-19)6-4-3-5-14-23/h7-11H,3,5,12-17,23H2,1-2H3,(H2,24,26). The molecule has 0 saturated heterocycles. The van der Waals surface area contributed by atoms with Gasteiger partial charge in [-0.15, -0.1) is 0 Å². The largest absolute Gasteiger partial charge is 0.369 e. The van der Waals surface area contributed by atoms with Crippen LogP contribution in [-0.4, -0.2) is 37.0 Å². The Morgan fingerprint density at radius 1 is 1.27 bits per heavy atom. The number of carbonyl (C=O) groups excluding carboxylic acids is 1. The molecule has 1 amide bonds. The lowest BCUT2D eigenvalue weighted by atomic mass is 9.88. The second-order valence-corrected chi connectivity index (χ2v) is 7.55. The third-order valence-corrected chi connectivity index (χ3v) is 5.01. The second kappa shape index (κ2) is 9.56. The number of primary amides is 1. The van der Waals surface area contributed by atoms with Crippen molar-refractivity contribution in [2.75, 3.05) is 26.2 Å². The summed E-state index contributed by atoms with van der Waals surface area (Å²) in [5, 5.41) is 0. The van der Waals surface area contributed by atoms with E-state index in [1.165, 1.54) is 11.1 Å². The Morgan fingerprint density at radius 3 is 2.58 bits per heavy atom. The summed E-state index contributed by atoms with van der Waals surface area (Å²) in [6.45, 7) is 7.37. The van der Waals surface area contributed by atoms with Gasteiger partial charge in [-0.3, -0.25) is 9.69 Å². The Balaban J connectivity index is 1.88. The number of nitrogens with zero attached hydrogens (tertiary/aromatic N) is 1. The van der Waals surface area contributed by atoms with Crippen molar-refractivity contribution in [3.8, 4) is 11.8 Å². The molecule has 0 spiro atoms. The normalized spacial score (nSPS) is 15.1. The quantitative estimate of drug-likeness (QED) is 0.585. The lowest BCUT2D eigenvalue weighted by Crippen LogP contribution is -2.37. The maximum Gasteiger partial charge on any atom is 0.223 e. The summed E-state index contributed by atoms with van der Waals surface area (Å²) < 4.78 is 0. The third kappa shape index (κ3) is 6.01. The van der Waals surface area contributed by atoms with Gasteiger partial charge >= 0.3 is 0 Å². The van der Waals surface area contributed by atoms with E-state index in [1.54, 1.807) is 0 Å². The lowest BCUT2D eigenvalue weighted by Gasteiger charge is -2.29. The smallest absolute Gasteiger partial charge is 0.223 e. The maximum absolute atomic E-state index is 11.4. The van der Waals surface area contributed by atoms with Gasteiger partial charge in [0.2, 0.25) is 5.91 Å². The number of carbonyl (C=O) groups is 1. The molecule has 0 fully saturated rings. The molecule has 4 heteroatoms. The molecule has 26 heavy (non-hydrogen) atoms. The van der Waals surface area contributed by atoms with Gasteiger partial charge in [0.1, 0.15) is 0 Å². The average molecular weight is 354 g/mol. The molecule has 1 aromatic carbocycles. The van der Waals surface area contributed by atoms with Gasteiger partial charge in [0.25, 0.3) is 0 Å². The summed E-state index contributed by atoms with van der Waals surface area (Å²) >= 11 is 0. The minimum absolute atomic E-state index is 0.225. The number of amides is 1. The number of nitrogens with two attached hydrogens (primary N) is 2. The van der Waals surface area contributed by atoms with Crippen LogP contribution in [0.3, 0.4) is 0 Å².